The minimum absolute atomic E-state index is 0.602. The third-order valence-electron chi connectivity index (χ3n) is 3.59. The number of nitrogens with one attached hydrogen (secondary N) is 1. The molecule has 1 aliphatic heterocycles. The van der Waals surface area contributed by atoms with Gasteiger partial charge in [-0.2, -0.15) is 0 Å². The Labute approximate surface area is 104 Å². The molecule has 94 valence electrons. The van der Waals surface area contributed by atoms with Crippen molar-refractivity contribution < 1.29 is 0 Å². The first-order chi connectivity index (χ1) is 8.16. The maximum Gasteiger partial charge on any atom is 0.0582 e. The van der Waals surface area contributed by atoms with Gasteiger partial charge in [-0.05, 0) is 45.2 Å². The molecule has 1 aromatic rings. The predicted octanol–water partition coefficient (Wildman–Crippen LogP) is 2.36. The van der Waals surface area contributed by atoms with Crippen molar-refractivity contribution in [1.29, 1.82) is 0 Å². The number of aromatic nitrogens is 1. The Morgan fingerprint density at radius 2 is 1.88 bits per heavy atom. The molecular formula is C14H23N3. The highest BCUT2D eigenvalue weighted by Crippen LogP contribution is 2.20. The summed E-state index contributed by atoms with van der Waals surface area (Å²) in [6.07, 6.45) is 6.26. The molecule has 2 heterocycles. The summed E-state index contributed by atoms with van der Waals surface area (Å²) in [6, 6.07) is 3.30. The number of anilines is 1. The molecule has 1 aromatic heterocycles. The highest BCUT2D eigenvalue weighted by atomic mass is 15.1. The van der Waals surface area contributed by atoms with Gasteiger partial charge in [-0.1, -0.05) is 0 Å². The van der Waals surface area contributed by atoms with Gasteiger partial charge in [0, 0.05) is 31.4 Å². The molecule has 0 spiro atoms. The van der Waals surface area contributed by atoms with Crippen molar-refractivity contribution in [2.45, 2.75) is 45.7 Å². The Bertz CT molecular complexity index is 352. The summed E-state index contributed by atoms with van der Waals surface area (Å²) < 4.78 is 0. The molecule has 0 aromatic carbocycles. The van der Waals surface area contributed by atoms with E-state index in [1.807, 2.05) is 12.4 Å². The molecule has 1 saturated heterocycles. The fraction of sp³-hybridized carbons (Fsp3) is 0.643. The first-order valence-electron chi connectivity index (χ1n) is 6.58. The van der Waals surface area contributed by atoms with Crippen LogP contribution in [0.3, 0.4) is 0 Å². The van der Waals surface area contributed by atoms with Crippen LogP contribution in [0.25, 0.3) is 0 Å². The lowest BCUT2D eigenvalue weighted by Gasteiger charge is -2.32. The zero-order valence-corrected chi connectivity index (χ0v) is 11.1. The van der Waals surface area contributed by atoms with Crippen molar-refractivity contribution >= 4 is 5.69 Å². The van der Waals surface area contributed by atoms with Crippen LogP contribution in [-0.2, 0) is 0 Å². The molecule has 0 radical (unpaired) electrons. The molecule has 2 rings (SSSR count). The van der Waals surface area contributed by atoms with Gasteiger partial charge >= 0.3 is 0 Å². The lowest BCUT2D eigenvalue weighted by Crippen LogP contribution is -2.43. The monoisotopic (exact) mass is 233 g/mol. The van der Waals surface area contributed by atoms with Crippen LogP contribution in [0, 0.1) is 6.92 Å². The maximum absolute atomic E-state index is 4.26. The van der Waals surface area contributed by atoms with Gasteiger partial charge in [-0.25, -0.2) is 0 Å². The number of nitrogens with zero attached hydrogens (tertiary/aromatic N) is 2. The quantitative estimate of drug-likeness (QED) is 0.807. The average molecular weight is 233 g/mol. The Balaban J connectivity index is 2.12. The highest BCUT2D eigenvalue weighted by Gasteiger charge is 2.17. The van der Waals surface area contributed by atoms with E-state index >= 15 is 0 Å². The van der Waals surface area contributed by atoms with Gasteiger partial charge in [0.2, 0.25) is 0 Å². The molecule has 2 atom stereocenters. The van der Waals surface area contributed by atoms with E-state index in [1.165, 1.54) is 24.1 Å². The smallest absolute Gasteiger partial charge is 0.0582 e. The van der Waals surface area contributed by atoms with Crippen LogP contribution in [0.15, 0.2) is 18.5 Å². The van der Waals surface area contributed by atoms with Crippen LogP contribution in [-0.4, -0.2) is 30.2 Å². The maximum atomic E-state index is 4.26. The second-order valence-electron chi connectivity index (χ2n) is 5.20. The lowest BCUT2D eigenvalue weighted by atomic mass is 10.1. The third-order valence-corrected chi connectivity index (χ3v) is 3.59. The van der Waals surface area contributed by atoms with Crippen LogP contribution < -0.4 is 10.2 Å². The number of aryl methyl sites for hydroxylation is 1. The molecule has 0 bridgehead atoms. The van der Waals surface area contributed by atoms with Gasteiger partial charge in [-0.15, -0.1) is 0 Å². The van der Waals surface area contributed by atoms with E-state index in [9.17, 15) is 0 Å². The van der Waals surface area contributed by atoms with Crippen molar-refractivity contribution in [1.82, 2.24) is 10.3 Å². The summed E-state index contributed by atoms with van der Waals surface area (Å²) in [6.45, 7) is 8.95. The van der Waals surface area contributed by atoms with Gasteiger partial charge in [-0.3, -0.25) is 4.98 Å². The first-order valence-corrected chi connectivity index (χ1v) is 6.58. The van der Waals surface area contributed by atoms with Gasteiger partial charge < -0.3 is 10.2 Å². The first kappa shape index (κ1) is 12.4. The van der Waals surface area contributed by atoms with E-state index in [4.69, 9.17) is 0 Å². The summed E-state index contributed by atoms with van der Waals surface area (Å²) in [5.74, 6) is 0. The molecule has 17 heavy (non-hydrogen) atoms. The minimum atomic E-state index is 0.602. The Morgan fingerprint density at radius 1 is 1.24 bits per heavy atom. The summed E-state index contributed by atoms with van der Waals surface area (Å²) in [7, 11) is 0. The van der Waals surface area contributed by atoms with Crippen molar-refractivity contribution in [2.24, 2.45) is 0 Å². The summed E-state index contributed by atoms with van der Waals surface area (Å²) in [5.41, 5.74) is 2.63. The number of pyridine rings is 1. The number of hydrogen-bond acceptors (Lipinski definition) is 3. The third kappa shape index (κ3) is 3.19. The van der Waals surface area contributed by atoms with E-state index in [0.29, 0.717) is 12.1 Å². The Morgan fingerprint density at radius 3 is 2.47 bits per heavy atom. The normalized spacial score (nSPS) is 26.4. The van der Waals surface area contributed by atoms with Crippen molar-refractivity contribution in [3.8, 4) is 0 Å². The molecule has 0 amide bonds. The van der Waals surface area contributed by atoms with Gasteiger partial charge in [0.05, 0.1) is 11.9 Å². The van der Waals surface area contributed by atoms with Crippen LogP contribution in [0.1, 0.15) is 32.3 Å². The number of hydrogen-bond donors (Lipinski definition) is 1. The van der Waals surface area contributed by atoms with E-state index in [1.54, 1.807) is 0 Å². The molecule has 1 aliphatic rings. The standard InChI is InChI=1S/C14H23N3/c1-11-4-7-15-10-14(11)17-8-5-12(2)16-13(3)6-9-17/h4,7,10,12-13,16H,5-6,8-9H2,1-3H3. The minimum Gasteiger partial charge on any atom is -0.370 e. The second-order valence-corrected chi connectivity index (χ2v) is 5.20. The molecule has 1 N–H and O–H groups in total. The fourth-order valence-electron chi connectivity index (χ4n) is 2.49. The molecule has 3 heteroatoms. The van der Waals surface area contributed by atoms with Crippen molar-refractivity contribution in [3.63, 3.8) is 0 Å². The summed E-state index contributed by atoms with van der Waals surface area (Å²) in [5, 5.41) is 3.63. The zero-order valence-electron chi connectivity index (χ0n) is 11.1. The van der Waals surface area contributed by atoms with E-state index in [2.05, 4.69) is 42.0 Å². The average Bonchev–Trinajstić information content (AvgIpc) is 2.28. The second kappa shape index (κ2) is 5.50. The molecule has 0 saturated carbocycles. The lowest BCUT2D eigenvalue weighted by molar-refractivity contribution is 0.404. The summed E-state index contributed by atoms with van der Waals surface area (Å²) in [4.78, 5) is 6.74. The van der Waals surface area contributed by atoms with Crippen LogP contribution in [0.2, 0.25) is 0 Å². The molecule has 2 unspecified atom stereocenters. The molecular weight excluding hydrogens is 210 g/mol. The fourth-order valence-corrected chi connectivity index (χ4v) is 2.49. The van der Waals surface area contributed by atoms with Gasteiger partial charge in [0.15, 0.2) is 0 Å². The predicted molar refractivity (Wildman–Crippen MR) is 72.5 cm³/mol. The van der Waals surface area contributed by atoms with Crippen LogP contribution in [0.4, 0.5) is 5.69 Å². The molecule has 0 aliphatic carbocycles. The summed E-state index contributed by atoms with van der Waals surface area (Å²) >= 11 is 0. The van der Waals surface area contributed by atoms with E-state index in [-0.39, 0.29) is 0 Å². The largest absolute Gasteiger partial charge is 0.370 e. The van der Waals surface area contributed by atoms with Crippen LogP contribution in [0.5, 0.6) is 0 Å². The molecule has 3 nitrogen and oxygen atoms in total. The zero-order chi connectivity index (χ0) is 12.3. The Kier molecular flexibility index (Phi) is 4.00. The highest BCUT2D eigenvalue weighted by molar-refractivity contribution is 5.50. The van der Waals surface area contributed by atoms with E-state index in [0.717, 1.165) is 13.1 Å². The van der Waals surface area contributed by atoms with Gasteiger partial charge in [0.25, 0.3) is 0 Å². The van der Waals surface area contributed by atoms with E-state index < -0.39 is 0 Å². The SMILES string of the molecule is Cc1ccncc1N1CCC(C)NC(C)CC1. The van der Waals surface area contributed by atoms with Gasteiger partial charge in [0.1, 0.15) is 0 Å². The van der Waals surface area contributed by atoms with Crippen molar-refractivity contribution in [2.75, 3.05) is 18.0 Å². The van der Waals surface area contributed by atoms with Crippen molar-refractivity contribution in [3.05, 3.63) is 24.0 Å². The Hall–Kier alpha value is -1.09. The molecule has 1 fully saturated rings. The number of rotatable bonds is 1. The topological polar surface area (TPSA) is 28.2 Å². The van der Waals surface area contributed by atoms with Crippen LogP contribution >= 0.6 is 0 Å².